The van der Waals surface area contributed by atoms with Gasteiger partial charge in [0.2, 0.25) is 5.89 Å². The fourth-order valence-electron chi connectivity index (χ4n) is 2.72. The van der Waals surface area contributed by atoms with E-state index in [0.29, 0.717) is 28.4 Å². The highest BCUT2D eigenvalue weighted by Gasteiger charge is 2.15. The van der Waals surface area contributed by atoms with Gasteiger partial charge in [0, 0.05) is 6.54 Å². The van der Waals surface area contributed by atoms with Crippen LogP contribution in [0.3, 0.4) is 0 Å². The van der Waals surface area contributed by atoms with E-state index in [-0.39, 0.29) is 19.6 Å². The first kappa shape index (κ1) is 17.3. The van der Waals surface area contributed by atoms with Crippen LogP contribution in [0.15, 0.2) is 55.4 Å². The molecule has 27 heavy (non-hydrogen) atoms. The summed E-state index contributed by atoms with van der Waals surface area (Å²) < 4.78 is 17.5. The monoisotopic (exact) mass is 384 g/mol. The summed E-state index contributed by atoms with van der Waals surface area (Å²) in [5.74, 6) is 0.220. The highest BCUT2D eigenvalue weighted by molar-refractivity contribution is 7.13. The molecule has 0 bridgehead atoms. The number of fused-ring (bicyclic) bond motifs is 1. The van der Waals surface area contributed by atoms with E-state index >= 15 is 0 Å². The number of para-hydroxylation sites is 2. The molecule has 0 fully saturated rings. The molecule has 0 unspecified atom stereocenters. The van der Waals surface area contributed by atoms with Gasteiger partial charge < -0.3 is 13.6 Å². The van der Waals surface area contributed by atoms with Gasteiger partial charge in [-0.15, -0.1) is 11.3 Å². The van der Waals surface area contributed by atoms with Crippen LogP contribution in [-0.4, -0.2) is 15.5 Å². The molecule has 0 spiro atoms. The molecule has 0 aliphatic heterocycles. The van der Waals surface area contributed by atoms with Crippen molar-refractivity contribution < 1.29 is 18.4 Å². The minimum atomic E-state index is -0.489. The molecule has 4 aromatic rings. The lowest BCUT2D eigenvalue weighted by atomic mass is 10.3. The predicted molar refractivity (Wildman–Crippen MR) is 99.4 cm³/mol. The number of rotatable bonds is 6. The smallest absolute Gasteiger partial charge is 0.419 e. The number of ether oxygens (including phenoxy) is 1. The fourth-order valence-corrected chi connectivity index (χ4v) is 3.37. The Balaban J connectivity index is 1.38. The first-order chi connectivity index (χ1) is 13.1. The summed E-state index contributed by atoms with van der Waals surface area (Å²) in [6.45, 7) is 2.00. The van der Waals surface area contributed by atoms with Gasteiger partial charge in [0.15, 0.2) is 5.58 Å². The first-order valence-electron chi connectivity index (χ1n) is 8.36. The van der Waals surface area contributed by atoms with Crippen molar-refractivity contribution in [3.8, 4) is 10.8 Å². The van der Waals surface area contributed by atoms with E-state index in [1.807, 2.05) is 23.6 Å². The summed E-state index contributed by atoms with van der Waals surface area (Å²) in [4.78, 5) is 29.3. The zero-order chi connectivity index (χ0) is 18.8. The molecule has 3 heterocycles. The van der Waals surface area contributed by atoms with Gasteiger partial charge in [-0.3, -0.25) is 9.36 Å². The zero-order valence-corrected chi connectivity index (χ0v) is 15.3. The molecular formula is C19H16N2O5S. The van der Waals surface area contributed by atoms with E-state index in [1.165, 1.54) is 15.9 Å². The number of aryl methyl sites for hydroxylation is 2. The number of nitrogens with zero attached hydrogens (tertiary/aromatic N) is 2. The minimum absolute atomic E-state index is 0.0283. The Labute approximate surface area is 157 Å². The lowest BCUT2D eigenvalue weighted by molar-refractivity contribution is -0.145. The van der Waals surface area contributed by atoms with Gasteiger partial charge in [-0.05, 0) is 30.5 Å². The van der Waals surface area contributed by atoms with Gasteiger partial charge in [-0.2, -0.15) is 0 Å². The number of hydrogen-bond donors (Lipinski definition) is 0. The van der Waals surface area contributed by atoms with Gasteiger partial charge >= 0.3 is 11.7 Å². The minimum Gasteiger partial charge on any atom is -0.459 e. The van der Waals surface area contributed by atoms with Crippen molar-refractivity contribution in [1.29, 1.82) is 0 Å². The Morgan fingerprint density at radius 3 is 2.89 bits per heavy atom. The van der Waals surface area contributed by atoms with Crippen molar-refractivity contribution in [3.63, 3.8) is 0 Å². The number of hydrogen-bond acceptors (Lipinski definition) is 7. The molecule has 1 aromatic carbocycles. The van der Waals surface area contributed by atoms with Crippen LogP contribution in [0.25, 0.3) is 21.9 Å². The van der Waals surface area contributed by atoms with Crippen LogP contribution in [0.1, 0.15) is 17.9 Å². The van der Waals surface area contributed by atoms with Crippen LogP contribution in [0.5, 0.6) is 0 Å². The molecule has 0 N–H and O–H groups in total. The maximum atomic E-state index is 12.1. The van der Waals surface area contributed by atoms with Crippen LogP contribution in [0.2, 0.25) is 0 Å². The van der Waals surface area contributed by atoms with E-state index in [4.69, 9.17) is 13.6 Å². The molecule has 0 saturated heterocycles. The topological polar surface area (TPSA) is 87.5 Å². The second-order valence-corrected chi connectivity index (χ2v) is 6.84. The van der Waals surface area contributed by atoms with Gasteiger partial charge in [-0.1, -0.05) is 18.2 Å². The van der Waals surface area contributed by atoms with Crippen LogP contribution in [-0.2, 0) is 22.7 Å². The third kappa shape index (κ3) is 3.56. The molecule has 0 aliphatic carbocycles. The number of benzene rings is 1. The number of carbonyl (C=O) groups is 1. The van der Waals surface area contributed by atoms with Crippen molar-refractivity contribution >= 4 is 28.4 Å². The second-order valence-electron chi connectivity index (χ2n) is 5.90. The maximum absolute atomic E-state index is 12.1. The molecule has 0 aliphatic rings. The first-order valence-corrected chi connectivity index (χ1v) is 9.24. The summed E-state index contributed by atoms with van der Waals surface area (Å²) in [6.07, 6.45) is 0.0537. The van der Waals surface area contributed by atoms with Gasteiger partial charge in [-0.25, -0.2) is 9.78 Å². The molecule has 8 heteroatoms. The highest BCUT2D eigenvalue weighted by atomic mass is 32.1. The second kappa shape index (κ2) is 7.24. The molecule has 4 rings (SSSR count). The lowest BCUT2D eigenvalue weighted by Crippen LogP contribution is -2.17. The van der Waals surface area contributed by atoms with E-state index in [9.17, 15) is 9.59 Å². The van der Waals surface area contributed by atoms with Crippen molar-refractivity contribution in [3.05, 3.63) is 63.8 Å². The maximum Gasteiger partial charge on any atom is 0.419 e. The van der Waals surface area contributed by atoms with E-state index in [1.54, 1.807) is 25.1 Å². The van der Waals surface area contributed by atoms with Gasteiger partial charge in [0.1, 0.15) is 18.1 Å². The summed E-state index contributed by atoms with van der Waals surface area (Å²) in [7, 11) is 0. The largest absolute Gasteiger partial charge is 0.459 e. The van der Waals surface area contributed by atoms with Gasteiger partial charge in [0.25, 0.3) is 0 Å². The number of thiophene rings is 1. The number of aromatic nitrogens is 2. The summed E-state index contributed by atoms with van der Waals surface area (Å²) in [5, 5.41) is 1.94. The Morgan fingerprint density at radius 1 is 1.22 bits per heavy atom. The SMILES string of the molecule is Cc1oc(-c2cccs2)nc1COC(=O)CCn1c(=O)oc2ccccc21. The van der Waals surface area contributed by atoms with Crippen molar-refractivity contribution in [2.24, 2.45) is 0 Å². The summed E-state index contributed by atoms with van der Waals surface area (Å²) in [6, 6.07) is 10.9. The number of carbonyl (C=O) groups excluding carboxylic acids is 1. The molecular weight excluding hydrogens is 368 g/mol. The Hall–Kier alpha value is -3.13. The van der Waals surface area contributed by atoms with Crippen molar-refractivity contribution in [1.82, 2.24) is 9.55 Å². The molecule has 0 saturated carbocycles. The fraction of sp³-hybridized carbons (Fsp3) is 0.211. The normalized spacial score (nSPS) is 11.1. The Bertz CT molecular complexity index is 1140. The quantitative estimate of drug-likeness (QED) is 0.471. The average molecular weight is 384 g/mol. The number of esters is 1. The third-order valence-electron chi connectivity index (χ3n) is 4.11. The third-order valence-corrected chi connectivity index (χ3v) is 4.97. The summed E-state index contributed by atoms with van der Waals surface area (Å²) >= 11 is 1.53. The molecule has 138 valence electrons. The molecule has 0 radical (unpaired) electrons. The standard InChI is InChI=1S/C19H16N2O5S/c1-12-13(20-18(25-12)16-7-4-10-27-16)11-24-17(22)8-9-21-14-5-2-3-6-15(14)26-19(21)23/h2-7,10H,8-9,11H2,1H3. The molecule has 0 atom stereocenters. The Kier molecular flexibility index (Phi) is 4.64. The molecule has 7 nitrogen and oxygen atoms in total. The number of oxazole rings is 2. The van der Waals surface area contributed by atoms with Crippen molar-refractivity contribution in [2.45, 2.75) is 26.5 Å². The van der Waals surface area contributed by atoms with Crippen LogP contribution >= 0.6 is 11.3 Å². The highest BCUT2D eigenvalue weighted by Crippen LogP contribution is 2.26. The predicted octanol–water partition coefficient (Wildman–Crippen LogP) is 3.75. The van der Waals surface area contributed by atoms with E-state index in [0.717, 1.165) is 4.88 Å². The van der Waals surface area contributed by atoms with Crippen LogP contribution in [0, 0.1) is 6.92 Å². The van der Waals surface area contributed by atoms with E-state index in [2.05, 4.69) is 4.98 Å². The van der Waals surface area contributed by atoms with Gasteiger partial charge in [0.05, 0.1) is 16.8 Å². The van der Waals surface area contributed by atoms with Crippen molar-refractivity contribution in [2.75, 3.05) is 0 Å². The summed E-state index contributed by atoms with van der Waals surface area (Å²) in [5.41, 5.74) is 1.73. The van der Waals surface area contributed by atoms with Crippen LogP contribution < -0.4 is 5.76 Å². The molecule has 0 amide bonds. The van der Waals surface area contributed by atoms with E-state index < -0.39 is 11.7 Å². The average Bonchev–Trinajstić information content (AvgIpc) is 3.37. The zero-order valence-electron chi connectivity index (χ0n) is 14.5. The van der Waals surface area contributed by atoms with Crippen LogP contribution in [0.4, 0.5) is 0 Å². The lowest BCUT2D eigenvalue weighted by Gasteiger charge is -2.04. The molecule has 3 aromatic heterocycles. The Morgan fingerprint density at radius 2 is 2.07 bits per heavy atom.